The summed E-state index contributed by atoms with van der Waals surface area (Å²) in [5, 5.41) is 3.23. The van der Waals surface area contributed by atoms with Gasteiger partial charge in [0.25, 0.3) is 0 Å². The molecule has 0 aromatic heterocycles. The van der Waals surface area contributed by atoms with Crippen LogP contribution in [0.2, 0.25) is 0 Å². The summed E-state index contributed by atoms with van der Waals surface area (Å²) in [6, 6.07) is 0.569. The van der Waals surface area contributed by atoms with Crippen LogP contribution in [0.3, 0.4) is 0 Å². The van der Waals surface area contributed by atoms with Crippen molar-refractivity contribution in [1.82, 2.24) is 14.9 Å². The van der Waals surface area contributed by atoms with E-state index in [0.717, 1.165) is 12.8 Å². The fourth-order valence-corrected chi connectivity index (χ4v) is 3.39. The highest BCUT2D eigenvalue weighted by Gasteiger charge is 2.39. The maximum atomic E-state index is 11.9. The van der Waals surface area contributed by atoms with Gasteiger partial charge >= 0.3 is 0 Å². The standard InChI is InChI=1S/C12H25N3O2S/c1-15(2)12(6-3-7-12)10-14-18(16,17)9-8-13-11-4-5-11/h11,13-14H,3-10H2,1-2H3. The van der Waals surface area contributed by atoms with Crippen LogP contribution in [-0.4, -0.2) is 57.8 Å². The van der Waals surface area contributed by atoms with E-state index in [1.807, 2.05) is 14.1 Å². The van der Waals surface area contributed by atoms with Crippen LogP contribution in [0, 0.1) is 0 Å². The molecule has 0 heterocycles. The van der Waals surface area contributed by atoms with Crippen molar-refractivity contribution < 1.29 is 8.42 Å². The molecule has 6 heteroatoms. The van der Waals surface area contributed by atoms with Crippen molar-refractivity contribution in [2.75, 3.05) is 32.9 Å². The predicted octanol–water partition coefficient (Wildman–Crippen LogP) is 0.142. The van der Waals surface area contributed by atoms with Gasteiger partial charge in [0, 0.05) is 24.7 Å². The number of rotatable bonds is 8. The van der Waals surface area contributed by atoms with Gasteiger partial charge in [0.2, 0.25) is 10.0 Å². The molecule has 0 aromatic carbocycles. The number of sulfonamides is 1. The summed E-state index contributed by atoms with van der Waals surface area (Å²) in [5.74, 6) is 0.188. The molecule has 0 spiro atoms. The lowest BCUT2D eigenvalue weighted by Crippen LogP contribution is -2.57. The molecular formula is C12H25N3O2S. The van der Waals surface area contributed by atoms with Crippen molar-refractivity contribution in [1.29, 1.82) is 0 Å². The van der Waals surface area contributed by atoms with Gasteiger partial charge in [0.05, 0.1) is 5.75 Å². The van der Waals surface area contributed by atoms with Crippen molar-refractivity contribution in [3.63, 3.8) is 0 Å². The zero-order valence-corrected chi connectivity index (χ0v) is 12.2. The Labute approximate surface area is 110 Å². The third-order valence-electron chi connectivity index (χ3n) is 4.24. The summed E-state index contributed by atoms with van der Waals surface area (Å²) >= 11 is 0. The minimum absolute atomic E-state index is 0.0526. The quantitative estimate of drug-likeness (QED) is 0.661. The Hall–Kier alpha value is -0.170. The number of nitrogens with zero attached hydrogens (tertiary/aromatic N) is 1. The summed E-state index contributed by atoms with van der Waals surface area (Å²) in [7, 11) is 0.928. The van der Waals surface area contributed by atoms with Crippen LogP contribution in [0.25, 0.3) is 0 Å². The van der Waals surface area contributed by atoms with E-state index in [1.165, 1.54) is 19.3 Å². The van der Waals surface area contributed by atoms with Gasteiger partial charge in [-0.3, -0.25) is 0 Å². The van der Waals surface area contributed by atoms with Gasteiger partial charge in [-0.15, -0.1) is 0 Å². The van der Waals surface area contributed by atoms with E-state index in [2.05, 4.69) is 14.9 Å². The second-order valence-electron chi connectivity index (χ2n) is 5.84. The number of hydrogen-bond acceptors (Lipinski definition) is 4. The monoisotopic (exact) mass is 275 g/mol. The zero-order valence-electron chi connectivity index (χ0n) is 11.4. The van der Waals surface area contributed by atoms with Crippen molar-refractivity contribution >= 4 is 10.0 Å². The van der Waals surface area contributed by atoms with Crippen molar-refractivity contribution in [2.45, 2.75) is 43.7 Å². The van der Waals surface area contributed by atoms with Crippen LogP contribution in [0.5, 0.6) is 0 Å². The molecular weight excluding hydrogens is 250 g/mol. The molecule has 0 unspecified atom stereocenters. The Morgan fingerprint density at radius 1 is 1.28 bits per heavy atom. The van der Waals surface area contributed by atoms with Gasteiger partial charge in [-0.2, -0.15) is 0 Å². The lowest BCUT2D eigenvalue weighted by molar-refractivity contribution is 0.0657. The average Bonchev–Trinajstić information content (AvgIpc) is 2.98. The topological polar surface area (TPSA) is 61.4 Å². The normalized spacial score (nSPS) is 23.1. The molecule has 2 aliphatic carbocycles. The Morgan fingerprint density at radius 3 is 2.39 bits per heavy atom. The molecule has 0 atom stereocenters. The highest BCUT2D eigenvalue weighted by molar-refractivity contribution is 7.89. The van der Waals surface area contributed by atoms with Gasteiger partial charge in [-0.05, 0) is 46.2 Å². The summed E-state index contributed by atoms with van der Waals surface area (Å²) in [4.78, 5) is 2.15. The molecule has 0 saturated heterocycles. The van der Waals surface area contributed by atoms with Gasteiger partial charge < -0.3 is 10.2 Å². The Morgan fingerprint density at radius 2 is 1.94 bits per heavy atom. The highest BCUT2D eigenvalue weighted by atomic mass is 32.2. The number of nitrogens with one attached hydrogen (secondary N) is 2. The maximum Gasteiger partial charge on any atom is 0.212 e. The maximum absolute atomic E-state index is 11.9. The van der Waals surface area contributed by atoms with Gasteiger partial charge in [0.1, 0.15) is 0 Å². The molecule has 2 rings (SSSR count). The second kappa shape index (κ2) is 5.45. The Balaban J connectivity index is 1.73. The SMILES string of the molecule is CN(C)C1(CNS(=O)(=O)CCNC2CC2)CCC1. The fraction of sp³-hybridized carbons (Fsp3) is 1.00. The lowest BCUT2D eigenvalue weighted by atomic mass is 9.76. The summed E-state index contributed by atoms with van der Waals surface area (Å²) in [6.07, 6.45) is 5.75. The highest BCUT2D eigenvalue weighted by Crippen LogP contribution is 2.35. The second-order valence-corrected chi connectivity index (χ2v) is 7.77. The molecule has 2 fully saturated rings. The fourth-order valence-electron chi connectivity index (χ4n) is 2.37. The Bertz CT molecular complexity index is 373. The molecule has 0 bridgehead atoms. The molecule has 5 nitrogen and oxygen atoms in total. The predicted molar refractivity (Wildman–Crippen MR) is 73.1 cm³/mol. The first-order valence-corrected chi connectivity index (χ1v) is 8.47. The van der Waals surface area contributed by atoms with Crippen molar-refractivity contribution in [3.05, 3.63) is 0 Å². The van der Waals surface area contributed by atoms with Gasteiger partial charge in [-0.25, -0.2) is 13.1 Å². The lowest BCUT2D eigenvalue weighted by Gasteiger charge is -2.47. The van der Waals surface area contributed by atoms with Gasteiger partial charge in [0.15, 0.2) is 0 Å². The van der Waals surface area contributed by atoms with Crippen LogP contribution in [0.4, 0.5) is 0 Å². The van der Waals surface area contributed by atoms with Gasteiger partial charge in [-0.1, -0.05) is 0 Å². The summed E-state index contributed by atoms with van der Waals surface area (Å²) in [6.45, 7) is 1.11. The van der Waals surface area contributed by atoms with Crippen LogP contribution >= 0.6 is 0 Å². The van der Waals surface area contributed by atoms with E-state index in [4.69, 9.17) is 0 Å². The number of likely N-dealkylation sites (N-methyl/N-ethyl adjacent to an activating group) is 1. The van der Waals surface area contributed by atoms with Crippen molar-refractivity contribution in [2.24, 2.45) is 0 Å². The molecule has 2 N–H and O–H groups in total. The van der Waals surface area contributed by atoms with Crippen LogP contribution < -0.4 is 10.0 Å². The molecule has 2 aliphatic rings. The molecule has 0 radical (unpaired) electrons. The van der Waals surface area contributed by atoms with E-state index in [-0.39, 0.29) is 11.3 Å². The minimum atomic E-state index is -3.13. The van der Waals surface area contributed by atoms with Crippen LogP contribution in [0.1, 0.15) is 32.1 Å². The molecule has 2 saturated carbocycles. The smallest absolute Gasteiger partial charge is 0.212 e. The zero-order chi connectivity index (χ0) is 13.2. The van der Waals surface area contributed by atoms with Crippen molar-refractivity contribution in [3.8, 4) is 0 Å². The number of hydrogen-bond donors (Lipinski definition) is 2. The molecule has 0 aliphatic heterocycles. The average molecular weight is 275 g/mol. The van der Waals surface area contributed by atoms with E-state index < -0.39 is 10.0 Å². The third kappa shape index (κ3) is 3.66. The Kier molecular flexibility index (Phi) is 4.31. The first-order chi connectivity index (χ1) is 8.44. The van der Waals surface area contributed by atoms with E-state index >= 15 is 0 Å². The summed E-state index contributed by atoms with van der Waals surface area (Å²) in [5.41, 5.74) is 0.0526. The molecule has 0 amide bonds. The largest absolute Gasteiger partial charge is 0.313 e. The van der Waals surface area contributed by atoms with E-state index in [9.17, 15) is 8.42 Å². The third-order valence-corrected chi connectivity index (χ3v) is 5.56. The summed E-state index contributed by atoms with van der Waals surface area (Å²) < 4.78 is 26.5. The van der Waals surface area contributed by atoms with Crippen LogP contribution in [-0.2, 0) is 10.0 Å². The molecule has 106 valence electrons. The van der Waals surface area contributed by atoms with E-state index in [1.54, 1.807) is 0 Å². The minimum Gasteiger partial charge on any atom is -0.313 e. The molecule has 0 aromatic rings. The first-order valence-electron chi connectivity index (χ1n) is 6.82. The van der Waals surface area contributed by atoms with Crippen LogP contribution in [0.15, 0.2) is 0 Å². The van der Waals surface area contributed by atoms with E-state index in [0.29, 0.717) is 19.1 Å². The molecule has 18 heavy (non-hydrogen) atoms. The first kappa shape index (κ1) is 14.2.